The normalized spacial score (nSPS) is 13.1. The summed E-state index contributed by atoms with van der Waals surface area (Å²) in [7, 11) is 0. The van der Waals surface area contributed by atoms with Crippen molar-refractivity contribution in [2.45, 2.75) is 45.6 Å². The summed E-state index contributed by atoms with van der Waals surface area (Å²) in [6, 6.07) is 0.0318. The molecule has 2 nitrogen and oxygen atoms in total. The Labute approximate surface area is 62.8 Å². The molecule has 0 saturated heterocycles. The van der Waals surface area contributed by atoms with Crippen molar-refractivity contribution < 1.29 is 4.79 Å². The molecule has 0 saturated carbocycles. The van der Waals surface area contributed by atoms with Crippen molar-refractivity contribution in [3.8, 4) is 0 Å². The van der Waals surface area contributed by atoms with Crippen molar-refractivity contribution in [1.82, 2.24) is 0 Å². The van der Waals surface area contributed by atoms with E-state index in [2.05, 4.69) is 6.92 Å². The first kappa shape index (κ1) is 9.63. The van der Waals surface area contributed by atoms with Crippen LogP contribution in [0.15, 0.2) is 0 Å². The van der Waals surface area contributed by atoms with E-state index < -0.39 is 0 Å². The second-order valence-electron chi connectivity index (χ2n) is 2.82. The Kier molecular flexibility index (Phi) is 5.22. The van der Waals surface area contributed by atoms with Gasteiger partial charge in [0.1, 0.15) is 5.78 Å². The van der Waals surface area contributed by atoms with E-state index in [1.54, 1.807) is 0 Å². The van der Waals surface area contributed by atoms with Crippen LogP contribution in [0.25, 0.3) is 0 Å². The monoisotopic (exact) mass is 143 g/mol. The summed E-state index contributed by atoms with van der Waals surface area (Å²) in [5, 5.41) is 0. The van der Waals surface area contributed by atoms with Gasteiger partial charge < -0.3 is 5.73 Å². The smallest absolute Gasteiger partial charge is 0.134 e. The summed E-state index contributed by atoms with van der Waals surface area (Å²) in [6.45, 7) is 3.95. The zero-order valence-electron chi connectivity index (χ0n) is 6.89. The van der Waals surface area contributed by atoms with E-state index in [1.165, 1.54) is 0 Å². The molecule has 60 valence electrons. The lowest BCUT2D eigenvalue weighted by molar-refractivity contribution is -0.119. The zero-order chi connectivity index (χ0) is 7.98. The lowest BCUT2D eigenvalue weighted by atomic mass is 10.1. The van der Waals surface area contributed by atoms with Gasteiger partial charge >= 0.3 is 0 Å². The van der Waals surface area contributed by atoms with Gasteiger partial charge in [-0.1, -0.05) is 13.3 Å². The molecule has 0 amide bonds. The molecule has 2 heteroatoms. The SMILES string of the molecule is CCCCC(=O)C[C@H](C)N. The molecule has 0 spiro atoms. The van der Waals surface area contributed by atoms with Crippen LogP contribution in [0.2, 0.25) is 0 Å². The molecule has 0 aromatic heterocycles. The third-order valence-corrected chi connectivity index (χ3v) is 1.36. The van der Waals surface area contributed by atoms with Gasteiger partial charge in [0.25, 0.3) is 0 Å². The topological polar surface area (TPSA) is 43.1 Å². The first-order chi connectivity index (χ1) is 4.66. The van der Waals surface area contributed by atoms with Crippen LogP contribution in [0.1, 0.15) is 39.5 Å². The number of nitrogens with two attached hydrogens (primary N) is 1. The molecular formula is C8H17NO. The number of hydrogen-bond acceptors (Lipinski definition) is 2. The van der Waals surface area contributed by atoms with E-state index in [0.717, 1.165) is 12.8 Å². The predicted molar refractivity (Wildman–Crippen MR) is 42.8 cm³/mol. The summed E-state index contributed by atoms with van der Waals surface area (Å²) in [5.41, 5.74) is 5.44. The second kappa shape index (κ2) is 5.42. The Hall–Kier alpha value is -0.370. The largest absolute Gasteiger partial charge is 0.328 e. The Morgan fingerprint density at radius 2 is 2.20 bits per heavy atom. The van der Waals surface area contributed by atoms with E-state index >= 15 is 0 Å². The minimum Gasteiger partial charge on any atom is -0.328 e. The molecule has 0 aromatic carbocycles. The molecule has 0 heterocycles. The Bertz CT molecular complexity index is 99.4. The lowest BCUT2D eigenvalue weighted by Gasteiger charge is -2.01. The van der Waals surface area contributed by atoms with Crippen LogP contribution >= 0.6 is 0 Å². The highest BCUT2D eigenvalue weighted by Crippen LogP contribution is 1.99. The van der Waals surface area contributed by atoms with Gasteiger partial charge in [-0.25, -0.2) is 0 Å². The van der Waals surface area contributed by atoms with Crippen molar-refractivity contribution in [2.75, 3.05) is 0 Å². The second-order valence-corrected chi connectivity index (χ2v) is 2.82. The average molecular weight is 143 g/mol. The standard InChI is InChI=1S/C8H17NO/c1-3-4-5-8(10)6-7(2)9/h7H,3-6,9H2,1-2H3/t7-/m0/s1. The van der Waals surface area contributed by atoms with Crippen molar-refractivity contribution in [2.24, 2.45) is 5.73 Å². The van der Waals surface area contributed by atoms with Crippen molar-refractivity contribution in [1.29, 1.82) is 0 Å². The molecule has 0 aliphatic heterocycles. The molecular weight excluding hydrogens is 126 g/mol. The van der Waals surface area contributed by atoms with E-state index in [9.17, 15) is 4.79 Å². The fourth-order valence-electron chi connectivity index (χ4n) is 0.835. The highest BCUT2D eigenvalue weighted by molar-refractivity contribution is 5.78. The first-order valence-corrected chi connectivity index (χ1v) is 3.94. The maximum atomic E-state index is 10.9. The van der Waals surface area contributed by atoms with E-state index in [1.807, 2.05) is 6.92 Å². The fourth-order valence-corrected chi connectivity index (χ4v) is 0.835. The molecule has 0 aliphatic carbocycles. The molecule has 0 rings (SSSR count). The van der Waals surface area contributed by atoms with Crippen LogP contribution in [0, 0.1) is 0 Å². The van der Waals surface area contributed by atoms with Gasteiger partial charge in [-0.05, 0) is 13.3 Å². The van der Waals surface area contributed by atoms with Crippen LogP contribution in [0.3, 0.4) is 0 Å². The van der Waals surface area contributed by atoms with Crippen LogP contribution in [0.4, 0.5) is 0 Å². The summed E-state index contributed by atoms with van der Waals surface area (Å²) in [4.78, 5) is 10.9. The number of rotatable bonds is 5. The number of hydrogen-bond donors (Lipinski definition) is 1. The number of Topliss-reactive ketones (excluding diaryl/α,β-unsaturated/α-hetero) is 1. The maximum absolute atomic E-state index is 10.9. The average Bonchev–Trinajstić information content (AvgIpc) is 1.82. The molecule has 0 fully saturated rings. The highest BCUT2D eigenvalue weighted by Gasteiger charge is 2.03. The quantitative estimate of drug-likeness (QED) is 0.633. The number of carbonyl (C=O) groups is 1. The molecule has 0 radical (unpaired) electrons. The Balaban J connectivity index is 3.26. The van der Waals surface area contributed by atoms with Gasteiger partial charge in [0.15, 0.2) is 0 Å². The molecule has 0 bridgehead atoms. The number of ketones is 1. The highest BCUT2D eigenvalue weighted by atomic mass is 16.1. The van der Waals surface area contributed by atoms with Gasteiger partial charge in [-0.2, -0.15) is 0 Å². The molecule has 2 N–H and O–H groups in total. The Morgan fingerprint density at radius 3 is 2.60 bits per heavy atom. The van der Waals surface area contributed by atoms with Gasteiger partial charge in [-0.15, -0.1) is 0 Å². The third kappa shape index (κ3) is 5.76. The zero-order valence-corrected chi connectivity index (χ0v) is 6.89. The van der Waals surface area contributed by atoms with Crippen molar-refractivity contribution >= 4 is 5.78 Å². The Morgan fingerprint density at radius 1 is 1.60 bits per heavy atom. The van der Waals surface area contributed by atoms with E-state index in [-0.39, 0.29) is 6.04 Å². The number of unbranched alkanes of at least 4 members (excludes halogenated alkanes) is 1. The van der Waals surface area contributed by atoms with Crippen LogP contribution in [-0.2, 0) is 4.79 Å². The van der Waals surface area contributed by atoms with Gasteiger partial charge in [0.2, 0.25) is 0 Å². The third-order valence-electron chi connectivity index (χ3n) is 1.36. The minimum atomic E-state index is 0.0318. The molecule has 0 aromatic rings. The van der Waals surface area contributed by atoms with Gasteiger partial charge in [0.05, 0.1) is 0 Å². The molecule has 0 aliphatic rings. The summed E-state index contributed by atoms with van der Waals surface area (Å²) in [5.74, 6) is 0.303. The summed E-state index contributed by atoms with van der Waals surface area (Å²) >= 11 is 0. The lowest BCUT2D eigenvalue weighted by Crippen LogP contribution is -2.19. The van der Waals surface area contributed by atoms with Crippen LogP contribution < -0.4 is 5.73 Å². The van der Waals surface area contributed by atoms with Gasteiger partial charge in [-0.3, -0.25) is 4.79 Å². The van der Waals surface area contributed by atoms with Crippen molar-refractivity contribution in [3.05, 3.63) is 0 Å². The van der Waals surface area contributed by atoms with E-state index in [4.69, 9.17) is 5.73 Å². The number of carbonyl (C=O) groups excluding carboxylic acids is 1. The predicted octanol–water partition coefficient (Wildman–Crippen LogP) is 1.48. The van der Waals surface area contributed by atoms with Crippen molar-refractivity contribution in [3.63, 3.8) is 0 Å². The molecule has 10 heavy (non-hydrogen) atoms. The first-order valence-electron chi connectivity index (χ1n) is 3.94. The van der Waals surface area contributed by atoms with E-state index in [0.29, 0.717) is 18.6 Å². The van der Waals surface area contributed by atoms with Crippen LogP contribution in [-0.4, -0.2) is 11.8 Å². The molecule has 1 atom stereocenters. The minimum absolute atomic E-state index is 0.0318. The maximum Gasteiger partial charge on any atom is 0.134 e. The fraction of sp³-hybridized carbons (Fsp3) is 0.875. The van der Waals surface area contributed by atoms with Crippen LogP contribution in [0.5, 0.6) is 0 Å². The molecule has 0 unspecified atom stereocenters. The summed E-state index contributed by atoms with van der Waals surface area (Å²) in [6.07, 6.45) is 3.34. The summed E-state index contributed by atoms with van der Waals surface area (Å²) < 4.78 is 0. The van der Waals surface area contributed by atoms with Gasteiger partial charge in [0, 0.05) is 18.9 Å².